The molecule has 3 heterocycles. The van der Waals surface area contributed by atoms with Crippen LogP contribution in [0.5, 0.6) is 5.75 Å². The molecule has 0 unspecified atom stereocenters. The molecule has 39 heavy (non-hydrogen) atoms. The van der Waals surface area contributed by atoms with Crippen LogP contribution in [0.15, 0.2) is 97.6 Å². The van der Waals surface area contributed by atoms with E-state index in [-0.39, 0.29) is 16.9 Å². The monoisotopic (exact) mass is 519 g/mol. The Balaban J connectivity index is 1.44. The maximum atomic E-state index is 13.5. The van der Waals surface area contributed by atoms with Crippen LogP contribution >= 0.6 is 0 Å². The molecule has 0 aliphatic rings. The van der Waals surface area contributed by atoms with E-state index in [1.165, 1.54) is 17.0 Å². The third-order valence-corrected chi connectivity index (χ3v) is 6.38. The Morgan fingerprint density at radius 3 is 2.62 bits per heavy atom. The van der Waals surface area contributed by atoms with Gasteiger partial charge in [0.15, 0.2) is 5.76 Å². The zero-order chi connectivity index (χ0) is 27.1. The number of furan rings is 2. The molecule has 1 N–H and O–H groups in total. The summed E-state index contributed by atoms with van der Waals surface area (Å²) in [5, 5.41) is 14.8. The number of hydrogen-bond acceptors (Lipinski definition) is 7. The number of rotatable bonds is 6. The number of methoxy groups -OCH3 is 1. The number of carboxylic acids is 1. The maximum absolute atomic E-state index is 13.5. The lowest BCUT2D eigenvalue weighted by Crippen LogP contribution is -2.20. The molecule has 9 heteroatoms. The minimum Gasteiger partial charge on any atom is -0.496 e. The van der Waals surface area contributed by atoms with E-state index in [1.54, 1.807) is 55.6 Å². The largest absolute Gasteiger partial charge is 0.496 e. The summed E-state index contributed by atoms with van der Waals surface area (Å²) in [5.74, 6) is 1.15. The highest BCUT2D eigenvalue weighted by Crippen LogP contribution is 2.33. The molecule has 0 atom stereocenters. The minimum absolute atomic E-state index is 0.198. The number of aromatic nitrogens is 2. The van der Waals surface area contributed by atoms with E-state index in [0.29, 0.717) is 39.5 Å². The number of hydrogen-bond donors (Lipinski definition) is 1. The molecular formula is C30H21N3O6. The van der Waals surface area contributed by atoms with Gasteiger partial charge in [-0.2, -0.15) is 9.78 Å². The lowest BCUT2D eigenvalue weighted by Gasteiger charge is -2.07. The van der Waals surface area contributed by atoms with Gasteiger partial charge in [-0.25, -0.2) is 9.78 Å². The molecule has 3 aromatic heterocycles. The van der Waals surface area contributed by atoms with Crippen molar-refractivity contribution in [1.29, 1.82) is 0 Å². The quantitative estimate of drug-likeness (QED) is 0.269. The first-order valence-corrected chi connectivity index (χ1v) is 12.0. The van der Waals surface area contributed by atoms with Gasteiger partial charge in [0, 0.05) is 5.56 Å². The highest BCUT2D eigenvalue weighted by atomic mass is 16.5. The lowest BCUT2D eigenvalue weighted by atomic mass is 10.0. The first-order valence-electron chi connectivity index (χ1n) is 12.0. The van der Waals surface area contributed by atoms with Crippen molar-refractivity contribution in [3.05, 3.63) is 106 Å². The number of aromatic carboxylic acids is 1. The molecule has 3 aromatic carbocycles. The zero-order valence-corrected chi connectivity index (χ0v) is 20.9. The molecule has 6 rings (SSSR count). The van der Waals surface area contributed by atoms with E-state index >= 15 is 0 Å². The molecule has 0 saturated heterocycles. The standard InChI is InChI=1S/C30H21N3O6/c1-17-14-18(30(35)36)10-12-20(17)26-13-11-19(38-26)16-31-33-28(32-23-7-4-3-6-21(23)29(33)34)27-15-22-24(37-2)8-5-9-25(22)39-27/h3-16H,1-2H3,(H,35,36). The van der Waals surface area contributed by atoms with E-state index in [2.05, 4.69) is 5.10 Å². The number of para-hydroxylation sites is 1. The minimum atomic E-state index is -0.995. The van der Waals surface area contributed by atoms with Gasteiger partial charge in [0.05, 0.1) is 35.2 Å². The fourth-order valence-corrected chi connectivity index (χ4v) is 4.47. The van der Waals surface area contributed by atoms with Gasteiger partial charge in [-0.05, 0) is 67.1 Å². The second-order valence-corrected chi connectivity index (χ2v) is 8.83. The molecule has 0 saturated carbocycles. The normalized spacial score (nSPS) is 11.5. The fraction of sp³-hybridized carbons (Fsp3) is 0.0667. The zero-order valence-electron chi connectivity index (χ0n) is 20.9. The smallest absolute Gasteiger partial charge is 0.335 e. The number of carbonyl (C=O) groups is 1. The Bertz CT molecular complexity index is 1980. The van der Waals surface area contributed by atoms with Crippen molar-refractivity contribution in [2.24, 2.45) is 5.10 Å². The molecule has 0 aliphatic heterocycles. The van der Waals surface area contributed by atoms with Crippen molar-refractivity contribution < 1.29 is 23.5 Å². The predicted molar refractivity (Wildman–Crippen MR) is 147 cm³/mol. The van der Waals surface area contributed by atoms with Gasteiger partial charge in [0.1, 0.15) is 22.9 Å². The van der Waals surface area contributed by atoms with Gasteiger partial charge in [0.2, 0.25) is 5.82 Å². The van der Waals surface area contributed by atoms with Crippen molar-refractivity contribution in [3.8, 4) is 28.7 Å². The number of benzene rings is 3. The van der Waals surface area contributed by atoms with Crippen LogP contribution in [0, 0.1) is 6.92 Å². The van der Waals surface area contributed by atoms with Gasteiger partial charge in [-0.15, -0.1) is 0 Å². The summed E-state index contributed by atoms with van der Waals surface area (Å²) in [6.07, 6.45) is 1.43. The van der Waals surface area contributed by atoms with Gasteiger partial charge < -0.3 is 18.7 Å². The Morgan fingerprint density at radius 1 is 0.974 bits per heavy atom. The van der Waals surface area contributed by atoms with Gasteiger partial charge >= 0.3 is 5.97 Å². The summed E-state index contributed by atoms with van der Waals surface area (Å²) in [4.78, 5) is 29.5. The summed E-state index contributed by atoms with van der Waals surface area (Å²) >= 11 is 0. The molecule has 0 bridgehead atoms. The van der Waals surface area contributed by atoms with Crippen LogP contribution in [-0.2, 0) is 0 Å². The molecule has 0 fully saturated rings. The van der Waals surface area contributed by atoms with Crippen LogP contribution in [-0.4, -0.2) is 34.1 Å². The first-order chi connectivity index (χ1) is 18.9. The van der Waals surface area contributed by atoms with E-state index in [1.807, 2.05) is 31.2 Å². The molecule has 0 spiro atoms. The number of carboxylic acid groups (broad SMARTS) is 1. The molecule has 6 aromatic rings. The fourth-order valence-electron chi connectivity index (χ4n) is 4.47. The second kappa shape index (κ2) is 9.46. The number of nitrogens with zero attached hydrogens (tertiary/aromatic N) is 3. The molecular weight excluding hydrogens is 498 g/mol. The Morgan fingerprint density at radius 2 is 1.82 bits per heavy atom. The number of ether oxygens (including phenoxy) is 1. The van der Waals surface area contributed by atoms with Gasteiger partial charge in [-0.1, -0.05) is 24.3 Å². The number of fused-ring (bicyclic) bond motifs is 2. The average Bonchev–Trinajstić information content (AvgIpc) is 3.59. The summed E-state index contributed by atoms with van der Waals surface area (Å²) < 4.78 is 18.6. The van der Waals surface area contributed by atoms with E-state index in [9.17, 15) is 14.7 Å². The van der Waals surface area contributed by atoms with E-state index in [0.717, 1.165) is 16.5 Å². The van der Waals surface area contributed by atoms with Crippen LogP contribution in [0.1, 0.15) is 21.7 Å². The Labute approximate surface area is 221 Å². The van der Waals surface area contributed by atoms with E-state index in [4.69, 9.17) is 18.6 Å². The maximum Gasteiger partial charge on any atom is 0.335 e. The van der Waals surface area contributed by atoms with Gasteiger partial charge in [-0.3, -0.25) is 4.79 Å². The third kappa shape index (κ3) is 4.25. The van der Waals surface area contributed by atoms with Crippen LogP contribution in [0.2, 0.25) is 0 Å². The van der Waals surface area contributed by atoms with Crippen molar-refractivity contribution in [3.63, 3.8) is 0 Å². The Kier molecular flexibility index (Phi) is 5.80. The van der Waals surface area contributed by atoms with Crippen molar-refractivity contribution in [2.45, 2.75) is 6.92 Å². The summed E-state index contributed by atoms with van der Waals surface area (Å²) in [6.45, 7) is 1.81. The predicted octanol–water partition coefficient (Wildman–Crippen LogP) is 5.97. The van der Waals surface area contributed by atoms with E-state index < -0.39 is 5.97 Å². The highest BCUT2D eigenvalue weighted by molar-refractivity contribution is 5.90. The third-order valence-electron chi connectivity index (χ3n) is 6.38. The van der Waals surface area contributed by atoms with Crippen LogP contribution < -0.4 is 10.3 Å². The summed E-state index contributed by atoms with van der Waals surface area (Å²) in [6, 6.07) is 22.5. The van der Waals surface area contributed by atoms with Crippen molar-refractivity contribution in [1.82, 2.24) is 9.66 Å². The first kappa shape index (κ1) is 23.9. The molecule has 0 aliphatic carbocycles. The topological polar surface area (TPSA) is 120 Å². The summed E-state index contributed by atoms with van der Waals surface area (Å²) in [7, 11) is 1.58. The Hall–Kier alpha value is -5.44. The SMILES string of the molecule is COc1cccc2oc(-c3nc4ccccc4c(=O)n3N=Cc3ccc(-c4ccc(C(=O)O)cc4C)o3)cc12. The lowest BCUT2D eigenvalue weighted by molar-refractivity contribution is 0.0696. The van der Waals surface area contributed by atoms with Gasteiger partial charge in [0.25, 0.3) is 5.56 Å². The molecule has 9 nitrogen and oxygen atoms in total. The molecule has 0 radical (unpaired) electrons. The number of aryl methyl sites for hydroxylation is 1. The van der Waals surface area contributed by atoms with Crippen LogP contribution in [0.3, 0.4) is 0 Å². The average molecular weight is 520 g/mol. The van der Waals surface area contributed by atoms with Crippen molar-refractivity contribution >= 4 is 34.1 Å². The van der Waals surface area contributed by atoms with Crippen LogP contribution in [0.25, 0.3) is 44.8 Å². The highest BCUT2D eigenvalue weighted by Gasteiger charge is 2.18. The molecule has 192 valence electrons. The molecule has 0 amide bonds. The van der Waals surface area contributed by atoms with Crippen molar-refractivity contribution in [2.75, 3.05) is 7.11 Å². The second-order valence-electron chi connectivity index (χ2n) is 8.83. The van der Waals surface area contributed by atoms with Crippen LogP contribution in [0.4, 0.5) is 0 Å². The summed E-state index contributed by atoms with van der Waals surface area (Å²) in [5.41, 5.74) is 2.43.